The molecular weight excluding hydrogens is 186 g/mol. The first-order valence-electron chi connectivity index (χ1n) is 4.68. The Morgan fingerprint density at radius 1 is 1.54 bits per heavy atom. The molecule has 2 unspecified atom stereocenters. The Kier molecular flexibility index (Phi) is 7.09. The number of hydrogen-bond donors (Lipinski definition) is 2. The molecule has 78 valence electrons. The van der Waals surface area contributed by atoms with Crippen molar-refractivity contribution in [2.45, 2.75) is 44.4 Å². The Hall–Kier alpha value is -0.220. The normalized spacial score (nSPS) is 15.3. The fraction of sp³-hybridized carbons (Fsp3) is 0.889. The number of thioether (sulfide) groups is 1. The lowest BCUT2D eigenvalue weighted by molar-refractivity contribution is -0.138. The molecule has 0 saturated heterocycles. The molecule has 4 heteroatoms. The Morgan fingerprint density at radius 2 is 2.15 bits per heavy atom. The maximum absolute atomic E-state index is 10.4. The van der Waals surface area contributed by atoms with E-state index in [-0.39, 0.29) is 0 Å². The third kappa shape index (κ3) is 6.90. The van der Waals surface area contributed by atoms with Gasteiger partial charge in [0.15, 0.2) is 0 Å². The number of aliphatic carboxylic acids is 1. The Bertz CT molecular complexity index is 153. The third-order valence-corrected chi connectivity index (χ3v) is 3.12. The minimum absolute atomic E-state index is 0.564. The minimum Gasteiger partial charge on any atom is -0.480 e. The van der Waals surface area contributed by atoms with E-state index in [1.807, 2.05) is 0 Å². The Morgan fingerprint density at radius 3 is 2.62 bits per heavy atom. The molecule has 0 aliphatic carbocycles. The van der Waals surface area contributed by atoms with Crippen LogP contribution in [0.4, 0.5) is 0 Å². The van der Waals surface area contributed by atoms with Crippen LogP contribution < -0.4 is 5.73 Å². The molecule has 0 spiro atoms. The van der Waals surface area contributed by atoms with E-state index < -0.39 is 12.0 Å². The van der Waals surface area contributed by atoms with Gasteiger partial charge in [0.2, 0.25) is 0 Å². The molecule has 0 fully saturated rings. The van der Waals surface area contributed by atoms with Crippen molar-refractivity contribution in [3.63, 3.8) is 0 Å². The van der Waals surface area contributed by atoms with E-state index in [4.69, 9.17) is 10.8 Å². The first-order valence-corrected chi connectivity index (χ1v) is 5.72. The summed E-state index contributed by atoms with van der Waals surface area (Å²) >= 11 is 1.80. The standard InChI is InChI=1S/C9H19NO2S/c1-3-4-7(2)13-6-5-8(10)9(11)12/h7-8H,3-6,10H2,1-2H3,(H,11,12). The smallest absolute Gasteiger partial charge is 0.320 e. The van der Waals surface area contributed by atoms with Gasteiger partial charge in [0.05, 0.1) is 0 Å². The molecule has 0 aliphatic heterocycles. The van der Waals surface area contributed by atoms with Crippen LogP contribution in [0.3, 0.4) is 0 Å². The van der Waals surface area contributed by atoms with Crippen LogP contribution in [0.1, 0.15) is 33.1 Å². The summed E-state index contributed by atoms with van der Waals surface area (Å²) < 4.78 is 0. The van der Waals surface area contributed by atoms with Gasteiger partial charge in [-0.05, 0) is 18.6 Å². The molecule has 0 aromatic heterocycles. The summed E-state index contributed by atoms with van der Waals surface area (Å²) in [6.45, 7) is 4.32. The van der Waals surface area contributed by atoms with Crippen molar-refractivity contribution in [1.82, 2.24) is 0 Å². The second-order valence-electron chi connectivity index (χ2n) is 3.20. The van der Waals surface area contributed by atoms with Crippen LogP contribution in [0.2, 0.25) is 0 Å². The summed E-state index contributed by atoms with van der Waals surface area (Å²) in [5.74, 6) is -0.0574. The van der Waals surface area contributed by atoms with Crippen LogP contribution in [0.25, 0.3) is 0 Å². The molecule has 3 N–H and O–H groups in total. The van der Waals surface area contributed by atoms with E-state index in [2.05, 4.69) is 13.8 Å². The zero-order valence-corrected chi connectivity index (χ0v) is 9.14. The Labute approximate surface area is 84.1 Å². The molecule has 0 aliphatic rings. The summed E-state index contributed by atoms with van der Waals surface area (Å²) in [7, 11) is 0. The van der Waals surface area contributed by atoms with Gasteiger partial charge in [-0.2, -0.15) is 11.8 Å². The Balaban J connectivity index is 3.39. The zero-order chi connectivity index (χ0) is 10.3. The highest BCUT2D eigenvalue weighted by Gasteiger charge is 2.11. The van der Waals surface area contributed by atoms with Crippen LogP contribution in [0.5, 0.6) is 0 Å². The summed E-state index contributed by atoms with van der Waals surface area (Å²) in [4.78, 5) is 10.4. The van der Waals surface area contributed by atoms with Crippen LogP contribution in [0, 0.1) is 0 Å². The summed E-state index contributed by atoms with van der Waals surface area (Å²) in [5, 5.41) is 9.13. The first-order chi connectivity index (χ1) is 6.07. The van der Waals surface area contributed by atoms with Crippen molar-refractivity contribution in [3.8, 4) is 0 Å². The molecule has 0 radical (unpaired) electrons. The van der Waals surface area contributed by atoms with E-state index in [9.17, 15) is 4.79 Å². The summed E-state index contributed by atoms with van der Waals surface area (Å²) in [5.41, 5.74) is 5.36. The highest BCUT2D eigenvalue weighted by Crippen LogP contribution is 2.16. The van der Waals surface area contributed by atoms with Gasteiger partial charge in [-0.15, -0.1) is 0 Å². The molecule has 0 bridgehead atoms. The fourth-order valence-corrected chi connectivity index (χ4v) is 2.20. The average Bonchev–Trinajstić information content (AvgIpc) is 2.04. The molecule has 0 saturated carbocycles. The van der Waals surface area contributed by atoms with E-state index in [0.717, 1.165) is 5.75 Å². The molecule has 13 heavy (non-hydrogen) atoms. The predicted molar refractivity (Wildman–Crippen MR) is 57.1 cm³/mol. The quantitative estimate of drug-likeness (QED) is 0.664. The zero-order valence-electron chi connectivity index (χ0n) is 8.32. The SMILES string of the molecule is CCCC(C)SCCC(N)C(=O)O. The van der Waals surface area contributed by atoms with Crippen LogP contribution in [-0.4, -0.2) is 28.1 Å². The van der Waals surface area contributed by atoms with Crippen molar-refractivity contribution >= 4 is 17.7 Å². The van der Waals surface area contributed by atoms with Gasteiger partial charge in [0.25, 0.3) is 0 Å². The molecule has 3 nitrogen and oxygen atoms in total. The molecular formula is C9H19NO2S. The lowest BCUT2D eigenvalue weighted by Crippen LogP contribution is -2.30. The third-order valence-electron chi connectivity index (χ3n) is 1.84. The van der Waals surface area contributed by atoms with Gasteiger partial charge < -0.3 is 10.8 Å². The highest BCUT2D eigenvalue weighted by atomic mass is 32.2. The molecule has 0 amide bonds. The van der Waals surface area contributed by atoms with Crippen LogP contribution in [0.15, 0.2) is 0 Å². The van der Waals surface area contributed by atoms with E-state index in [1.165, 1.54) is 12.8 Å². The lowest BCUT2D eigenvalue weighted by Gasteiger charge is -2.10. The van der Waals surface area contributed by atoms with Crippen LogP contribution in [-0.2, 0) is 4.79 Å². The topological polar surface area (TPSA) is 63.3 Å². The molecule has 0 heterocycles. The number of carbonyl (C=O) groups is 1. The summed E-state index contributed by atoms with van der Waals surface area (Å²) in [6, 6.07) is -0.693. The first kappa shape index (κ1) is 12.8. The number of carboxylic acid groups (broad SMARTS) is 1. The number of carboxylic acids is 1. The van der Waals surface area contributed by atoms with Crippen molar-refractivity contribution in [2.75, 3.05) is 5.75 Å². The van der Waals surface area contributed by atoms with E-state index in [1.54, 1.807) is 11.8 Å². The van der Waals surface area contributed by atoms with Crippen molar-refractivity contribution in [3.05, 3.63) is 0 Å². The fourth-order valence-electron chi connectivity index (χ4n) is 1.01. The van der Waals surface area contributed by atoms with Gasteiger partial charge in [-0.25, -0.2) is 0 Å². The monoisotopic (exact) mass is 205 g/mol. The van der Waals surface area contributed by atoms with E-state index in [0.29, 0.717) is 11.7 Å². The lowest BCUT2D eigenvalue weighted by atomic mass is 10.2. The predicted octanol–water partition coefficient (Wildman–Crippen LogP) is 1.71. The largest absolute Gasteiger partial charge is 0.480 e. The van der Waals surface area contributed by atoms with Gasteiger partial charge in [-0.3, -0.25) is 4.79 Å². The molecule has 0 aromatic rings. The minimum atomic E-state index is -0.899. The van der Waals surface area contributed by atoms with Gasteiger partial charge in [0.1, 0.15) is 6.04 Å². The van der Waals surface area contributed by atoms with Crippen LogP contribution >= 0.6 is 11.8 Å². The van der Waals surface area contributed by atoms with Gasteiger partial charge in [-0.1, -0.05) is 20.3 Å². The average molecular weight is 205 g/mol. The number of hydrogen-bond acceptors (Lipinski definition) is 3. The number of rotatable bonds is 7. The molecule has 0 rings (SSSR count). The van der Waals surface area contributed by atoms with Crippen molar-refractivity contribution in [1.29, 1.82) is 0 Å². The second kappa shape index (κ2) is 7.21. The molecule has 2 atom stereocenters. The van der Waals surface area contributed by atoms with Gasteiger partial charge in [0, 0.05) is 5.25 Å². The van der Waals surface area contributed by atoms with Crippen molar-refractivity contribution < 1.29 is 9.90 Å². The van der Waals surface area contributed by atoms with Crippen molar-refractivity contribution in [2.24, 2.45) is 5.73 Å². The van der Waals surface area contributed by atoms with Gasteiger partial charge >= 0.3 is 5.97 Å². The van der Waals surface area contributed by atoms with E-state index >= 15 is 0 Å². The maximum atomic E-state index is 10.4. The second-order valence-corrected chi connectivity index (χ2v) is 4.75. The highest BCUT2D eigenvalue weighted by molar-refractivity contribution is 7.99. The molecule has 0 aromatic carbocycles. The maximum Gasteiger partial charge on any atom is 0.320 e. The number of nitrogens with two attached hydrogens (primary N) is 1. The summed E-state index contributed by atoms with van der Waals surface area (Å²) in [6.07, 6.45) is 2.93.